The second-order valence-corrected chi connectivity index (χ2v) is 10.6. The Labute approximate surface area is 243 Å². The predicted octanol–water partition coefficient (Wildman–Crippen LogP) is 8.47. The van der Waals surface area contributed by atoms with Gasteiger partial charge in [-0.05, 0) is 105 Å². The molecule has 1 aliphatic carbocycles. The first-order chi connectivity index (χ1) is 20.8. The molecule has 0 amide bonds. The van der Waals surface area contributed by atoms with E-state index in [0.29, 0.717) is 22.3 Å². The summed E-state index contributed by atoms with van der Waals surface area (Å²) in [5.41, 5.74) is 5.27. The number of aromatic nitrogens is 4. The zero-order chi connectivity index (χ0) is 29.3. The maximum atomic E-state index is 15.2. The Balaban J connectivity index is 1.54. The van der Waals surface area contributed by atoms with Crippen LogP contribution < -0.4 is 0 Å². The molecular formula is C35H20F4N4. The summed E-state index contributed by atoms with van der Waals surface area (Å²) in [6, 6.07) is 24.6. The number of rotatable bonds is 2. The van der Waals surface area contributed by atoms with E-state index in [9.17, 15) is 13.2 Å². The first kappa shape index (κ1) is 25.3. The normalized spacial score (nSPS) is 14.1. The molecule has 43 heavy (non-hydrogen) atoms. The monoisotopic (exact) mass is 572 g/mol. The second kappa shape index (κ2) is 9.06. The maximum absolute atomic E-state index is 15.2. The molecule has 8 heteroatoms. The Kier molecular flexibility index (Phi) is 5.34. The number of nitrogens with zero attached hydrogens (tertiary/aromatic N) is 4. The number of pyridine rings is 2. The van der Waals surface area contributed by atoms with Crippen LogP contribution in [-0.2, 0) is 11.7 Å². The smallest absolute Gasteiger partial charge is 0.265 e. The van der Waals surface area contributed by atoms with Gasteiger partial charge >= 0.3 is 6.18 Å². The molecule has 2 aliphatic rings. The van der Waals surface area contributed by atoms with Gasteiger partial charge in [0.05, 0.1) is 5.69 Å². The summed E-state index contributed by atoms with van der Waals surface area (Å²) >= 11 is 0. The van der Waals surface area contributed by atoms with Crippen LogP contribution in [0.25, 0.3) is 45.7 Å². The predicted molar refractivity (Wildman–Crippen MR) is 156 cm³/mol. The van der Waals surface area contributed by atoms with Crippen LogP contribution >= 0.6 is 0 Å². The average Bonchev–Trinajstić information content (AvgIpc) is 3.54. The quantitative estimate of drug-likeness (QED) is 0.195. The molecule has 208 valence electrons. The topological polar surface area (TPSA) is 43.6 Å². The van der Waals surface area contributed by atoms with Gasteiger partial charge in [-0.25, -0.2) is 9.07 Å². The van der Waals surface area contributed by atoms with E-state index in [4.69, 9.17) is 0 Å². The van der Waals surface area contributed by atoms with Crippen LogP contribution in [0.5, 0.6) is 0 Å². The Bertz CT molecular complexity index is 1990. The minimum atomic E-state index is -4.68. The third-order valence-corrected chi connectivity index (χ3v) is 8.32. The molecule has 0 saturated carbocycles. The average molecular weight is 573 g/mol. The van der Waals surface area contributed by atoms with Crippen molar-refractivity contribution in [3.05, 3.63) is 149 Å². The molecule has 8 rings (SSSR count). The van der Waals surface area contributed by atoms with Gasteiger partial charge in [0.2, 0.25) is 0 Å². The third-order valence-electron chi connectivity index (χ3n) is 8.32. The zero-order valence-corrected chi connectivity index (χ0v) is 22.3. The lowest BCUT2D eigenvalue weighted by molar-refractivity contribution is -0.141. The fraction of sp³-hybridized carbons (Fsp3) is 0.0571. The summed E-state index contributed by atoms with van der Waals surface area (Å²) in [6.45, 7) is 0. The number of fused-ring (bicyclic) bond motifs is 9. The van der Waals surface area contributed by atoms with E-state index < -0.39 is 23.2 Å². The lowest BCUT2D eigenvalue weighted by Crippen LogP contribution is -2.37. The van der Waals surface area contributed by atoms with Gasteiger partial charge in [0, 0.05) is 35.9 Å². The van der Waals surface area contributed by atoms with E-state index >= 15 is 4.39 Å². The van der Waals surface area contributed by atoms with Gasteiger partial charge in [-0.3, -0.25) is 9.97 Å². The number of benzene rings is 3. The van der Waals surface area contributed by atoms with Crippen molar-refractivity contribution in [2.24, 2.45) is 0 Å². The molecule has 0 bridgehead atoms. The third kappa shape index (κ3) is 3.72. The van der Waals surface area contributed by atoms with Crippen molar-refractivity contribution in [2.75, 3.05) is 0 Å². The van der Waals surface area contributed by atoms with Gasteiger partial charge in [0.25, 0.3) is 0 Å². The highest BCUT2D eigenvalue weighted by Gasteiger charge is 2.52. The van der Waals surface area contributed by atoms with Gasteiger partial charge in [-0.2, -0.15) is 18.3 Å². The Morgan fingerprint density at radius 1 is 0.581 bits per heavy atom. The molecule has 1 aliphatic heterocycles. The van der Waals surface area contributed by atoms with Crippen molar-refractivity contribution in [3.63, 3.8) is 0 Å². The minimum absolute atomic E-state index is 0.268. The van der Waals surface area contributed by atoms with Crippen LogP contribution in [0.1, 0.15) is 33.5 Å². The number of hydrogen-bond donors (Lipinski definition) is 0. The molecule has 3 aromatic heterocycles. The lowest BCUT2D eigenvalue weighted by atomic mass is 9.74. The number of hydrogen-bond acceptors (Lipinski definition) is 3. The highest BCUT2D eigenvalue weighted by Crippen LogP contribution is 2.56. The van der Waals surface area contributed by atoms with Crippen LogP contribution in [0, 0.1) is 5.82 Å². The van der Waals surface area contributed by atoms with Crippen LogP contribution in [0.15, 0.2) is 110 Å². The molecule has 0 fully saturated rings. The van der Waals surface area contributed by atoms with Crippen molar-refractivity contribution in [1.29, 1.82) is 0 Å². The fourth-order valence-electron chi connectivity index (χ4n) is 6.44. The molecule has 1 spiro atoms. The van der Waals surface area contributed by atoms with E-state index in [0.717, 1.165) is 39.4 Å². The summed E-state index contributed by atoms with van der Waals surface area (Å²) in [7, 11) is 0. The summed E-state index contributed by atoms with van der Waals surface area (Å²) < 4.78 is 59.3. The van der Waals surface area contributed by atoms with Crippen molar-refractivity contribution in [3.8, 4) is 33.5 Å². The van der Waals surface area contributed by atoms with Gasteiger partial charge < -0.3 is 0 Å². The largest absolute Gasteiger partial charge is 0.435 e. The molecule has 0 N–H and O–H groups in total. The van der Waals surface area contributed by atoms with E-state index in [-0.39, 0.29) is 5.69 Å². The Hall–Kier alpha value is -5.37. The van der Waals surface area contributed by atoms with E-state index in [1.165, 1.54) is 16.8 Å². The molecular weight excluding hydrogens is 552 g/mol. The molecule has 0 unspecified atom stereocenters. The molecule has 4 heterocycles. The van der Waals surface area contributed by atoms with Gasteiger partial charge in [-0.1, -0.05) is 36.4 Å². The highest BCUT2D eigenvalue weighted by molar-refractivity contribution is 5.87. The van der Waals surface area contributed by atoms with Gasteiger partial charge in [0.1, 0.15) is 11.4 Å². The minimum Gasteiger partial charge on any atom is -0.265 e. The maximum Gasteiger partial charge on any atom is 0.435 e. The molecule has 0 saturated heterocycles. The summed E-state index contributed by atoms with van der Waals surface area (Å²) in [5.74, 6) is -0.490. The molecule has 0 radical (unpaired) electrons. The summed E-state index contributed by atoms with van der Waals surface area (Å²) in [6.07, 6.45) is 5.99. The molecule has 6 aromatic rings. The summed E-state index contributed by atoms with van der Waals surface area (Å²) in [5, 5.41) is 4.25. The first-order valence-electron chi connectivity index (χ1n) is 13.6. The van der Waals surface area contributed by atoms with Crippen LogP contribution in [0.3, 0.4) is 0 Å². The molecule has 4 nitrogen and oxygen atoms in total. The van der Waals surface area contributed by atoms with Crippen LogP contribution in [0.4, 0.5) is 17.6 Å². The lowest BCUT2D eigenvalue weighted by Gasteiger charge is -2.35. The van der Waals surface area contributed by atoms with Gasteiger partial charge in [0.15, 0.2) is 5.69 Å². The molecule has 0 atom stereocenters. The van der Waals surface area contributed by atoms with Gasteiger partial charge in [-0.15, -0.1) is 0 Å². The first-order valence-corrected chi connectivity index (χ1v) is 13.6. The van der Waals surface area contributed by atoms with Crippen molar-refractivity contribution < 1.29 is 17.6 Å². The van der Waals surface area contributed by atoms with E-state index in [1.807, 2.05) is 72.8 Å². The Morgan fingerprint density at radius 3 is 1.67 bits per heavy atom. The second-order valence-electron chi connectivity index (χ2n) is 10.6. The number of halogens is 4. The standard InChI is InChI=1S/C35H20F4N4/c36-27-7-8-28-31(19-27)34(43-32(28)20-33(42-43)35(37,38)39)29-17-25(21-9-13-40-14-10-21)5-3-23(29)1-2-24-4-6-26(18-30(24)34)22-11-15-41-16-12-22/h1-20H. The van der Waals surface area contributed by atoms with E-state index in [2.05, 4.69) is 15.1 Å². The molecule has 3 aromatic carbocycles. The SMILES string of the molecule is Fc1ccc2c(c1)C1(c3cc(-c4ccncc4)ccc3C=Cc3ccc(-c4ccncc4)cc31)n1nc(C(F)(F)F)cc1-2. The highest BCUT2D eigenvalue weighted by atomic mass is 19.4. The van der Waals surface area contributed by atoms with Crippen molar-refractivity contribution >= 4 is 12.2 Å². The Morgan fingerprint density at radius 2 is 1.14 bits per heavy atom. The fourth-order valence-corrected chi connectivity index (χ4v) is 6.44. The zero-order valence-electron chi connectivity index (χ0n) is 22.3. The van der Waals surface area contributed by atoms with E-state index in [1.54, 1.807) is 30.9 Å². The number of alkyl halides is 3. The van der Waals surface area contributed by atoms with Crippen LogP contribution in [-0.4, -0.2) is 19.7 Å². The summed E-state index contributed by atoms with van der Waals surface area (Å²) in [4.78, 5) is 8.26. The van der Waals surface area contributed by atoms with Crippen molar-refractivity contribution in [2.45, 2.75) is 11.7 Å². The van der Waals surface area contributed by atoms with Crippen molar-refractivity contribution in [1.82, 2.24) is 19.7 Å². The van der Waals surface area contributed by atoms with Crippen LogP contribution in [0.2, 0.25) is 0 Å².